The maximum absolute atomic E-state index is 12.7. The van der Waals surface area contributed by atoms with Crippen LogP contribution in [0.3, 0.4) is 0 Å². The first-order valence-corrected chi connectivity index (χ1v) is 5.22. The van der Waals surface area contributed by atoms with E-state index in [1.807, 2.05) is 0 Å². The van der Waals surface area contributed by atoms with Crippen molar-refractivity contribution >= 4 is 35.7 Å². The van der Waals surface area contributed by atoms with Gasteiger partial charge in [-0.3, -0.25) is 4.79 Å². The fourth-order valence-corrected chi connectivity index (χ4v) is 1.43. The average molecular weight is 287 g/mol. The molecule has 1 N–H and O–H groups in total. The van der Waals surface area contributed by atoms with Gasteiger partial charge in [-0.05, 0) is 36.4 Å². The van der Waals surface area contributed by atoms with Gasteiger partial charge in [0.05, 0.1) is 5.02 Å². The summed E-state index contributed by atoms with van der Waals surface area (Å²) in [5.41, 5.74) is 0.341. The molecule has 0 spiro atoms. The van der Waals surface area contributed by atoms with Crippen LogP contribution < -0.4 is 5.32 Å². The Labute approximate surface area is 114 Å². The molecule has 0 radical (unpaired) electrons. The molecule has 18 heavy (non-hydrogen) atoms. The van der Waals surface area contributed by atoms with E-state index in [4.69, 9.17) is 11.6 Å². The number of aromatic nitrogens is 1. The molecule has 2 rings (SSSR count). The Morgan fingerprint density at radius 1 is 1.22 bits per heavy atom. The number of anilines is 1. The number of amides is 1. The maximum atomic E-state index is 12.7. The standard InChI is InChI=1S/C12H8ClFN2O.ClH/c13-10-2-1-7-15-11(10)16-12(17)8-3-5-9(14)6-4-8;/h1-7H,(H,15,16,17);1H. The largest absolute Gasteiger partial charge is 0.305 e. The van der Waals surface area contributed by atoms with Gasteiger partial charge >= 0.3 is 0 Å². The molecule has 6 heteroatoms. The number of nitrogens with one attached hydrogen (secondary N) is 1. The van der Waals surface area contributed by atoms with Crippen LogP contribution in [-0.4, -0.2) is 10.9 Å². The van der Waals surface area contributed by atoms with Crippen molar-refractivity contribution in [3.63, 3.8) is 0 Å². The molecule has 1 heterocycles. The number of hydrogen-bond acceptors (Lipinski definition) is 2. The summed E-state index contributed by atoms with van der Waals surface area (Å²) in [4.78, 5) is 15.7. The predicted octanol–water partition coefficient (Wildman–Crippen LogP) is 3.55. The molecule has 1 aromatic heterocycles. The molecule has 0 saturated heterocycles. The Hall–Kier alpha value is -1.65. The summed E-state index contributed by atoms with van der Waals surface area (Å²) in [6.45, 7) is 0. The highest BCUT2D eigenvalue weighted by atomic mass is 35.5. The van der Waals surface area contributed by atoms with Crippen LogP contribution in [0.15, 0.2) is 42.6 Å². The van der Waals surface area contributed by atoms with E-state index in [2.05, 4.69) is 10.3 Å². The van der Waals surface area contributed by atoms with E-state index in [0.717, 1.165) is 0 Å². The van der Waals surface area contributed by atoms with Crippen LogP contribution in [0.2, 0.25) is 5.02 Å². The fourth-order valence-electron chi connectivity index (χ4n) is 1.26. The second kappa shape index (κ2) is 6.33. The van der Waals surface area contributed by atoms with E-state index in [0.29, 0.717) is 10.6 Å². The van der Waals surface area contributed by atoms with Gasteiger partial charge < -0.3 is 5.32 Å². The van der Waals surface area contributed by atoms with Crippen molar-refractivity contribution in [2.24, 2.45) is 0 Å². The molecule has 0 saturated carbocycles. The van der Waals surface area contributed by atoms with Crippen LogP contribution in [-0.2, 0) is 0 Å². The third-order valence-electron chi connectivity index (χ3n) is 2.10. The second-order valence-corrected chi connectivity index (χ2v) is 3.70. The third kappa shape index (κ3) is 3.42. The Balaban J connectivity index is 0.00000162. The normalized spacial score (nSPS) is 9.44. The maximum Gasteiger partial charge on any atom is 0.256 e. The van der Waals surface area contributed by atoms with Crippen molar-refractivity contribution in [1.29, 1.82) is 0 Å². The van der Waals surface area contributed by atoms with Gasteiger partial charge in [-0.2, -0.15) is 0 Å². The smallest absolute Gasteiger partial charge is 0.256 e. The number of rotatable bonds is 2. The number of nitrogens with zero attached hydrogens (tertiary/aromatic N) is 1. The Bertz CT molecular complexity index is 546. The van der Waals surface area contributed by atoms with E-state index < -0.39 is 5.82 Å². The zero-order chi connectivity index (χ0) is 12.3. The van der Waals surface area contributed by atoms with Gasteiger partial charge in [-0.15, -0.1) is 12.4 Å². The number of benzene rings is 1. The lowest BCUT2D eigenvalue weighted by molar-refractivity contribution is 0.102. The molecule has 0 aliphatic carbocycles. The molecule has 1 aromatic carbocycles. The summed E-state index contributed by atoms with van der Waals surface area (Å²) in [6, 6.07) is 8.50. The lowest BCUT2D eigenvalue weighted by atomic mass is 10.2. The minimum atomic E-state index is -0.391. The van der Waals surface area contributed by atoms with Gasteiger partial charge in [-0.1, -0.05) is 11.6 Å². The number of carbonyl (C=O) groups excluding carboxylic acids is 1. The first-order valence-electron chi connectivity index (χ1n) is 4.84. The monoisotopic (exact) mass is 286 g/mol. The van der Waals surface area contributed by atoms with E-state index in [1.54, 1.807) is 12.1 Å². The lowest BCUT2D eigenvalue weighted by Gasteiger charge is -2.05. The van der Waals surface area contributed by atoms with Gasteiger partial charge in [0.1, 0.15) is 5.82 Å². The third-order valence-corrected chi connectivity index (χ3v) is 2.40. The first-order chi connectivity index (χ1) is 8.16. The summed E-state index contributed by atoms with van der Waals surface area (Å²) < 4.78 is 12.7. The van der Waals surface area contributed by atoms with Crippen molar-refractivity contribution < 1.29 is 9.18 Å². The van der Waals surface area contributed by atoms with Crippen LogP contribution in [0, 0.1) is 5.82 Å². The topological polar surface area (TPSA) is 42.0 Å². The van der Waals surface area contributed by atoms with Crippen molar-refractivity contribution in [3.8, 4) is 0 Å². The molecular weight excluding hydrogens is 278 g/mol. The van der Waals surface area contributed by atoms with E-state index in [1.165, 1.54) is 30.5 Å². The number of pyridine rings is 1. The highest BCUT2D eigenvalue weighted by Crippen LogP contribution is 2.18. The zero-order valence-corrected chi connectivity index (χ0v) is 10.6. The van der Waals surface area contributed by atoms with Crippen LogP contribution in [0.4, 0.5) is 10.2 Å². The van der Waals surface area contributed by atoms with Crippen molar-refractivity contribution in [2.45, 2.75) is 0 Å². The van der Waals surface area contributed by atoms with Crippen LogP contribution in [0.1, 0.15) is 10.4 Å². The van der Waals surface area contributed by atoms with Gasteiger partial charge in [0.2, 0.25) is 0 Å². The van der Waals surface area contributed by atoms with Gasteiger partial charge in [0.25, 0.3) is 5.91 Å². The molecule has 2 aromatic rings. The Morgan fingerprint density at radius 3 is 2.50 bits per heavy atom. The molecule has 3 nitrogen and oxygen atoms in total. The minimum Gasteiger partial charge on any atom is -0.305 e. The first kappa shape index (κ1) is 14.4. The summed E-state index contributed by atoms with van der Waals surface area (Å²) >= 11 is 5.84. The van der Waals surface area contributed by atoms with Crippen molar-refractivity contribution in [1.82, 2.24) is 4.98 Å². The van der Waals surface area contributed by atoms with Gasteiger partial charge in [0, 0.05) is 11.8 Å². The van der Waals surface area contributed by atoms with E-state index in [-0.39, 0.29) is 24.1 Å². The molecule has 0 bridgehead atoms. The molecular formula is C12H9Cl2FN2O. The van der Waals surface area contributed by atoms with E-state index in [9.17, 15) is 9.18 Å². The molecule has 0 aliphatic heterocycles. The van der Waals surface area contributed by atoms with Crippen LogP contribution >= 0.6 is 24.0 Å². The van der Waals surface area contributed by atoms with Gasteiger partial charge in [-0.25, -0.2) is 9.37 Å². The zero-order valence-electron chi connectivity index (χ0n) is 9.06. The fraction of sp³-hybridized carbons (Fsp3) is 0. The number of halogens is 3. The predicted molar refractivity (Wildman–Crippen MR) is 70.8 cm³/mol. The highest BCUT2D eigenvalue weighted by Gasteiger charge is 2.08. The summed E-state index contributed by atoms with van der Waals surface area (Å²) in [6.07, 6.45) is 1.52. The number of hydrogen-bond donors (Lipinski definition) is 1. The average Bonchev–Trinajstić information content (AvgIpc) is 2.33. The Kier molecular flexibility index (Phi) is 5.07. The van der Waals surface area contributed by atoms with Crippen molar-refractivity contribution in [3.05, 3.63) is 59.0 Å². The number of carbonyl (C=O) groups is 1. The molecule has 94 valence electrons. The SMILES string of the molecule is Cl.O=C(Nc1ncccc1Cl)c1ccc(F)cc1. The van der Waals surface area contributed by atoms with Crippen molar-refractivity contribution in [2.75, 3.05) is 5.32 Å². The quantitative estimate of drug-likeness (QED) is 0.917. The molecule has 1 amide bonds. The minimum absolute atomic E-state index is 0. The summed E-state index contributed by atoms with van der Waals surface area (Å²) in [7, 11) is 0. The Morgan fingerprint density at radius 2 is 1.89 bits per heavy atom. The van der Waals surface area contributed by atoms with Crippen LogP contribution in [0.25, 0.3) is 0 Å². The molecule has 0 aliphatic rings. The van der Waals surface area contributed by atoms with Gasteiger partial charge in [0.15, 0.2) is 5.82 Å². The second-order valence-electron chi connectivity index (χ2n) is 3.29. The summed E-state index contributed by atoms with van der Waals surface area (Å²) in [5.74, 6) is -0.494. The summed E-state index contributed by atoms with van der Waals surface area (Å²) in [5, 5.41) is 2.89. The van der Waals surface area contributed by atoms with Crippen LogP contribution in [0.5, 0.6) is 0 Å². The molecule has 0 atom stereocenters. The lowest BCUT2D eigenvalue weighted by Crippen LogP contribution is -2.13. The van der Waals surface area contributed by atoms with E-state index >= 15 is 0 Å². The molecule has 0 fully saturated rings. The highest BCUT2D eigenvalue weighted by molar-refractivity contribution is 6.33. The molecule has 0 unspecified atom stereocenters.